The third kappa shape index (κ3) is 4.42. The Morgan fingerprint density at radius 3 is 2.73 bits per heavy atom. The molecule has 26 heavy (non-hydrogen) atoms. The van der Waals surface area contributed by atoms with Gasteiger partial charge in [-0.05, 0) is 29.1 Å². The number of rotatable bonds is 7. The Kier molecular flexibility index (Phi) is 5.57. The summed E-state index contributed by atoms with van der Waals surface area (Å²) in [6.07, 6.45) is 1.39. The van der Waals surface area contributed by atoms with Gasteiger partial charge in [0.2, 0.25) is 5.88 Å². The van der Waals surface area contributed by atoms with Crippen LogP contribution in [-0.4, -0.2) is 41.0 Å². The van der Waals surface area contributed by atoms with Gasteiger partial charge in [-0.1, -0.05) is 12.1 Å². The van der Waals surface area contributed by atoms with Gasteiger partial charge in [-0.25, -0.2) is 9.97 Å². The minimum absolute atomic E-state index is 0.0737. The Bertz CT molecular complexity index is 886. The molecule has 3 rings (SSSR count). The average Bonchev–Trinajstić information content (AvgIpc) is 3.10. The molecular formula is C17H15F2N3O3S. The number of ether oxygens (including phenoxy) is 2. The monoisotopic (exact) mass is 379 g/mol. The molecule has 2 aromatic heterocycles. The number of halogens is 2. The van der Waals surface area contributed by atoms with E-state index >= 15 is 0 Å². The molecule has 0 aliphatic rings. The average molecular weight is 379 g/mol. The van der Waals surface area contributed by atoms with Crippen molar-refractivity contribution >= 4 is 27.5 Å². The summed E-state index contributed by atoms with van der Waals surface area (Å²) in [5.41, 5.74) is 0.782. The number of amides is 1. The van der Waals surface area contributed by atoms with E-state index in [1.165, 1.54) is 34.7 Å². The standard InChI is InChI=1S/C17H15F2N3O3S/c1-22(8-11-2-4-12(5-3-11)25-17(18)19)14(23)9-24-15-13-6-7-26-16(13)21-10-20-15/h2-7,10,17H,8-9H2,1H3. The molecule has 0 N–H and O–H groups in total. The molecule has 1 amide bonds. The molecule has 0 unspecified atom stereocenters. The number of hydrogen-bond donors (Lipinski definition) is 0. The molecule has 0 fully saturated rings. The van der Waals surface area contributed by atoms with Crippen molar-refractivity contribution in [2.24, 2.45) is 0 Å². The fourth-order valence-corrected chi connectivity index (χ4v) is 2.98. The van der Waals surface area contributed by atoms with Crippen LogP contribution in [0.2, 0.25) is 0 Å². The van der Waals surface area contributed by atoms with Crippen molar-refractivity contribution in [3.8, 4) is 11.6 Å². The summed E-state index contributed by atoms with van der Waals surface area (Å²) in [4.78, 5) is 22.7. The predicted molar refractivity (Wildman–Crippen MR) is 92.5 cm³/mol. The highest BCUT2D eigenvalue weighted by Gasteiger charge is 2.13. The Morgan fingerprint density at radius 2 is 2.00 bits per heavy atom. The lowest BCUT2D eigenvalue weighted by Gasteiger charge is -2.17. The number of carbonyl (C=O) groups excluding carboxylic acids is 1. The summed E-state index contributed by atoms with van der Waals surface area (Å²) in [5, 5.41) is 2.64. The number of nitrogens with zero attached hydrogens (tertiary/aromatic N) is 3. The van der Waals surface area contributed by atoms with Gasteiger partial charge in [-0.2, -0.15) is 8.78 Å². The van der Waals surface area contributed by atoms with Gasteiger partial charge in [-0.15, -0.1) is 11.3 Å². The van der Waals surface area contributed by atoms with E-state index in [4.69, 9.17) is 4.74 Å². The summed E-state index contributed by atoms with van der Waals surface area (Å²) < 4.78 is 34.1. The van der Waals surface area contributed by atoms with E-state index in [0.29, 0.717) is 12.4 Å². The van der Waals surface area contributed by atoms with Crippen molar-refractivity contribution in [3.05, 3.63) is 47.6 Å². The Labute approximate surface area is 152 Å². The van der Waals surface area contributed by atoms with Crippen LogP contribution in [0.4, 0.5) is 8.78 Å². The van der Waals surface area contributed by atoms with Gasteiger partial charge in [0.25, 0.3) is 5.91 Å². The SMILES string of the molecule is CN(Cc1ccc(OC(F)F)cc1)C(=O)COc1ncnc2sccc12. The second-order valence-corrected chi connectivity index (χ2v) is 6.27. The molecular weight excluding hydrogens is 364 g/mol. The maximum absolute atomic E-state index is 12.2. The molecule has 6 nitrogen and oxygen atoms in total. The number of thiophene rings is 1. The molecule has 0 atom stereocenters. The Morgan fingerprint density at radius 1 is 1.23 bits per heavy atom. The lowest BCUT2D eigenvalue weighted by Crippen LogP contribution is -2.31. The van der Waals surface area contributed by atoms with Gasteiger partial charge in [0.15, 0.2) is 6.61 Å². The van der Waals surface area contributed by atoms with Crippen LogP contribution < -0.4 is 9.47 Å². The molecule has 0 saturated heterocycles. The molecule has 2 heterocycles. The number of carbonyl (C=O) groups is 1. The summed E-state index contributed by atoms with van der Waals surface area (Å²) in [5.74, 6) is 0.205. The molecule has 0 aliphatic carbocycles. The first-order valence-corrected chi connectivity index (χ1v) is 8.49. The van der Waals surface area contributed by atoms with Gasteiger partial charge >= 0.3 is 6.61 Å². The van der Waals surface area contributed by atoms with Crippen molar-refractivity contribution in [3.63, 3.8) is 0 Å². The summed E-state index contributed by atoms with van der Waals surface area (Å²) in [6, 6.07) is 7.96. The first kappa shape index (κ1) is 18.0. The maximum Gasteiger partial charge on any atom is 0.387 e. The van der Waals surface area contributed by atoms with Crippen LogP contribution in [0.15, 0.2) is 42.0 Å². The quantitative estimate of drug-likeness (QED) is 0.630. The summed E-state index contributed by atoms with van der Waals surface area (Å²) >= 11 is 1.46. The predicted octanol–water partition coefficient (Wildman–Crippen LogP) is 3.33. The lowest BCUT2D eigenvalue weighted by atomic mass is 10.2. The first-order chi connectivity index (χ1) is 12.5. The molecule has 0 radical (unpaired) electrons. The molecule has 0 aliphatic heterocycles. The van der Waals surface area contributed by atoms with E-state index in [1.54, 1.807) is 19.2 Å². The zero-order valence-electron chi connectivity index (χ0n) is 13.8. The van der Waals surface area contributed by atoms with Gasteiger partial charge in [0.1, 0.15) is 16.9 Å². The van der Waals surface area contributed by atoms with E-state index in [0.717, 1.165) is 15.8 Å². The molecule has 3 aromatic rings. The number of fused-ring (bicyclic) bond motifs is 1. The summed E-state index contributed by atoms with van der Waals surface area (Å²) in [7, 11) is 1.63. The zero-order chi connectivity index (χ0) is 18.5. The van der Waals surface area contributed by atoms with E-state index in [-0.39, 0.29) is 18.3 Å². The first-order valence-electron chi connectivity index (χ1n) is 7.61. The fourth-order valence-electron chi connectivity index (χ4n) is 2.26. The Hall–Kier alpha value is -2.81. The molecule has 1 aromatic carbocycles. The van der Waals surface area contributed by atoms with E-state index < -0.39 is 6.61 Å². The van der Waals surface area contributed by atoms with Crippen molar-refractivity contribution in [1.29, 1.82) is 0 Å². The molecule has 0 spiro atoms. The zero-order valence-corrected chi connectivity index (χ0v) is 14.6. The largest absolute Gasteiger partial charge is 0.467 e. The highest BCUT2D eigenvalue weighted by molar-refractivity contribution is 7.16. The minimum Gasteiger partial charge on any atom is -0.467 e. The Balaban J connectivity index is 1.55. The smallest absolute Gasteiger partial charge is 0.387 e. The lowest BCUT2D eigenvalue weighted by molar-refractivity contribution is -0.132. The van der Waals surface area contributed by atoms with Gasteiger partial charge in [0.05, 0.1) is 5.39 Å². The number of hydrogen-bond acceptors (Lipinski definition) is 6. The highest BCUT2D eigenvalue weighted by atomic mass is 32.1. The number of aromatic nitrogens is 2. The summed E-state index contributed by atoms with van der Waals surface area (Å²) in [6.45, 7) is -2.71. The van der Waals surface area contributed by atoms with Crippen molar-refractivity contribution < 1.29 is 23.0 Å². The minimum atomic E-state index is -2.86. The van der Waals surface area contributed by atoms with Gasteiger partial charge in [-0.3, -0.25) is 4.79 Å². The van der Waals surface area contributed by atoms with Crippen molar-refractivity contribution in [1.82, 2.24) is 14.9 Å². The second-order valence-electron chi connectivity index (χ2n) is 5.38. The topological polar surface area (TPSA) is 64.5 Å². The number of likely N-dealkylation sites (N-methyl/N-ethyl adjacent to an activating group) is 1. The third-order valence-electron chi connectivity index (χ3n) is 3.55. The van der Waals surface area contributed by atoms with Crippen LogP contribution >= 0.6 is 11.3 Å². The molecule has 0 bridgehead atoms. The van der Waals surface area contributed by atoms with Crippen LogP contribution in [0.5, 0.6) is 11.6 Å². The highest BCUT2D eigenvalue weighted by Crippen LogP contribution is 2.25. The van der Waals surface area contributed by atoms with Crippen LogP contribution in [0.1, 0.15) is 5.56 Å². The van der Waals surface area contributed by atoms with Crippen molar-refractivity contribution in [2.75, 3.05) is 13.7 Å². The second kappa shape index (κ2) is 8.05. The van der Waals surface area contributed by atoms with E-state index in [2.05, 4.69) is 14.7 Å². The van der Waals surface area contributed by atoms with Crippen molar-refractivity contribution in [2.45, 2.75) is 13.2 Å². The third-order valence-corrected chi connectivity index (χ3v) is 4.37. The number of alkyl halides is 2. The molecule has 9 heteroatoms. The van der Waals surface area contributed by atoms with Gasteiger partial charge < -0.3 is 14.4 Å². The van der Waals surface area contributed by atoms with Crippen LogP contribution in [0.3, 0.4) is 0 Å². The fraction of sp³-hybridized carbons (Fsp3) is 0.235. The maximum atomic E-state index is 12.2. The van der Waals surface area contributed by atoms with Crippen LogP contribution in [0.25, 0.3) is 10.2 Å². The normalized spacial score (nSPS) is 10.9. The molecule has 136 valence electrons. The van der Waals surface area contributed by atoms with Crippen LogP contribution in [-0.2, 0) is 11.3 Å². The van der Waals surface area contributed by atoms with Crippen LogP contribution in [0, 0.1) is 0 Å². The van der Waals surface area contributed by atoms with E-state index in [1.807, 2.05) is 11.4 Å². The van der Waals surface area contributed by atoms with E-state index in [9.17, 15) is 13.6 Å². The molecule has 0 saturated carbocycles. The number of benzene rings is 1. The van der Waals surface area contributed by atoms with Gasteiger partial charge in [0, 0.05) is 13.6 Å².